The highest BCUT2D eigenvalue weighted by atomic mass is 16.5. The van der Waals surface area contributed by atoms with Gasteiger partial charge >= 0.3 is 0 Å². The smallest absolute Gasteiger partial charge is 0.249 e. The van der Waals surface area contributed by atoms with E-state index in [4.69, 9.17) is 10.5 Å². The van der Waals surface area contributed by atoms with Crippen LogP contribution < -0.4 is 10.5 Å². The molecule has 0 unspecified atom stereocenters. The summed E-state index contributed by atoms with van der Waals surface area (Å²) in [7, 11) is 0. The first-order chi connectivity index (χ1) is 14.8. The van der Waals surface area contributed by atoms with Crippen molar-refractivity contribution in [1.29, 1.82) is 0 Å². The van der Waals surface area contributed by atoms with Gasteiger partial charge < -0.3 is 20.4 Å². The lowest BCUT2D eigenvalue weighted by atomic mass is 9.71. The van der Waals surface area contributed by atoms with Crippen LogP contribution in [0.2, 0.25) is 0 Å². The van der Waals surface area contributed by atoms with E-state index >= 15 is 0 Å². The molecule has 0 fully saturated rings. The summed E-state index contributed by atoms with van der Waals surface area (Å²) in [6, 6.07) is 11.0. The molecule has 6 nitrogen and oxygen atoms in total. The number of hydrogen-bond donors (Lipinski definition) is 2. The minimum Gasteiger partial charge on any atom is -0.492 e. The van der Waals surface area contributed by atoms with Gasteiger partial charge in [0.25, 0.3) is 0 Å². The molecule has 0 saturated heterocycles. The molecule has 4 rings (SSSR count). The van der Waals surface area contributed by atoms with Gasteiger partial charge in [-0.15, -0.1) is 0 Å². The first kappa shape index (κ1) is 21.1. The number of ketones is 1. The standard InChI is InChI=1S/C25H29N3O3/c1-5-28(6-2)12-13-31-15-10-11-16-18(14-15)25(3,4)23-21(22(16)29)20-17(24(26)30)8-7-9-19(20)27-23/h7-11,14,27H,5-6,12-13H2,1-4H3,(H2,26,30). The van der Waals surface area contributed by atoms with Crippen LogP contribution in [0.4, 0.5) is 0 Å². The predicted octanol–water partition coefficient (Wildman–Crippen LogP) is 3.86. The van der Waals surface area contributed by atoms with Gasteiger partial charge in [0, 0.05) is 39.7 Å². The summed E-state index contributed by atoms with van der Waals surface area (Å²) in [4.78, 5) is 31.2. The summed E-state index contributed by atoms with van der Waals surface area (Å²) in [6.07, 6.45) is 0. The summed E-state index contributed by atoms with van der Waals surface area (Å²) in [6.45, 7) is 11.9. The molecule has 0 spiro atoms. The lowest BCUT2D eigenvalue weighted by Gasteiger charge is -2.32. The number of benzene rings is 2. The van der Waals surface area contributed by atoms with Crippen molar-refractivity contribution in [2.24, 2.45) is 5.73 Å². The highest BCUT2D eigenvalue weighted by Crippen LogP contribution is 2.45. The fourth-order valence-electron chi connectivity index (χ4n) is 4.58. The van der Waals surface area contributed by atoms with E-state index in [9.17, 15) is 9.59 Å². The van der Waals surface area contributed by atoms with Crippen molar-refractivity contribution in [2.45, 2.75) is 33.1 Å². The molecule has 1 aromatic heterocycles. The third kappa shape index (κ3) is 3.41. The number of primary amides is 1. The fraction of sp³-hybridized carbons (Fsp3) is 0.360. The Labute approximate surface area is 182 Å². The van der Waals surface area contributed by atoms with Gasteiger partial charge in [-0.05, 0) is 49.0 Å². The monoisotopic (exact) mass is 419 g/mol. The number of H-pyrrole nitrogens is 1. The van der Waals surface area contributed by atoms with Crippen LogP contribution in [0.15, 0.2) is 36.4 Å². The Morgan fingerprint density at radius 3 is 2.58 bits per heavy atom. The van der Waals surface area contributed by atoms with Gasteiger partial charge in [-0.1, -0.05) is 33.8 Å². The number of hydrogen-bond acceptors (Lipinski definition) is 4. The molecule has 1 heterocycles. The Morgan fingerprint density at radius 2 is 1.90 bits per heavy atom. The Balaban J connectivity index is 1.76. The van der Waals surface area contributed by atoms with E-state index in [0.717, 1.165) is 42.2 Å². The zero-order valence-electron chi connectivity index (χ0n) is 18.5. The van der Waals surface area contributed by atoms with E-state index in [0.29, 0.717) is 28.7 Å². The predicted molar refractivity (Wildman–Crippen MR) is 122 cm³/mol. The number of nitrogens with zero attached hydrogens (tertiary/aromatic N) is 1. The Hall–Kier alpha value is -3.12. The number of aromatic nitrogens is 1. The SMILES string of the molecule is CCN(CC)CCOc1ccc2c(c1)C(C)(C)c1[nH]c3cccc(C(N)=O)c3c1C2=O. The lowest BCUT2D eigenvalue weighted by molar-refractivity contribution is 0.100. The van der Waals surface area contributed by atoms with Gasteiger partial charge in [0.15, 0.2) is 5.78 Å². The van der Waals surface area contributed by atoms with E-state index in [1.165, 1.54) is 0 Å². The molecular weight excluding hydrogens is 390 g/mol. The molecule has 0 atom stereocenters. The second kappa shape index (κ2) is 7.85. The molecule has 2 aromatic carbocycles. The van der Waals surface area contributed by atoms with Crippen molar-refractivity contribution in [1.82, 2.24) is 9.88 Å². The molecule has 162 valence electrons. The second-order valence-electron chi connectivity index (χ2n) is 8.50. The van der Waals surface area contributed by atoms with Crippen LogP contribution in [0, 0.1) is 0 Å². The highest BCUT2D eigenvalue weighted by Gasteiger charge is 2.40. The molecule has 6 heteroatoms. The molecule has 1 aliphatic rings. The quantitative estimate of drug-likeness (QED) is 0.609. The molecule has 1 aliphatic carbocycles. The maximum Gasteiger partial charge on any atom is 0.249 e. The molecular formula is C25H29N3O3. The average Bonchev–Trinajstić information content (AvgIpc) is 3.16. The molecule has 3 aromatic rings. The Bertz CT molecular complexity index is 1170. The molecule has 3 N–H and O–H groups in total. The van der Waals surface area contributed by atoms with Crippen LogP contribution >= 0.6 is 0 Å². The molecule has 1 amide bonds. The lowest BCUT2D eigenvalue weighted by Crippen LogP contribution is -2.31. The van der Waals surface area contributed by atoms with E-state index in [1.807, 2.05) is 24.3 Å². The Morgan fingerprint density at radius 1 is 1.16 bits per heavy atom. The average molecular weight is 420 g/mol. The van der Waals surface area contributed by atoms with Crippen molar-refractivity contribution in [3.8, 4) is 5.75 Å². The number of nitrogens with two attached hydrogens (primary N) is 1. The number of fused-ring (bicyclic) bond motifs is 4. The van der Waals surface area contributed by atoms with Crippen LogP contribution in [0.1, 0.15) is 65.2 Å². The van der Waals surface area contributed by atoms with Gasteiger partial charge in [0.05, 0.1) is 5.56 Å². The molecule has 31 heavy (non-hydrogen) atoms. The van der Waals surface area contributed by atoms with Gasteiger partial charge in [0.1, 0.15) is 12.4 Å². The highest BCUT2D eigenvalue weighted by molar-refractivity contribution is 6.23. The van der Waals surface area contributed by atoms with Crippen LogP contribution in [-0.2, 0) is 5.41 Å². The van der Waals surface area contributed by atoms with Crippen LogP contribution in [0.25, 0.3) is 10.9 Å². The number of carbonyl (C=O) groups is 2. The number of likely N-dealkylation sites (N-methyl/N-ethyl adjacent to an activating group) is 1. The van der Waals surface area contributed by atoms with Gasteiger partial charge in [-0.2, -0.15) is 0 Å². The van der Waals surface area contributed by atoms with Crippen molar-refractivity contribution in [3.05, 3.63) is 64.3 Å². The third-order valence-electron chi connectivity index (χ3n) is 6.42. The summed E-state index contributed by atoms with van der Waals surface area (Å²) < 4.78 is 6.01. The molecule has 0 aliphatic heterocycles. The number of carbonyl (C=O) groups excluding carboxylic acids is 2. The van der Waals surface area contributed by atoms with Gasteiger partial charge in [-0.3, -0.25) is 9.59 Å². The van der Waals surface area contributed by atoms with E-state index in [2.05, 4.69) is 37.6 Å². The van der Waals surface area contributed by atoms with Crippen molar-refractivity contribution in [2.75, 3.05) is 26.2 Å². The third-order valence-corrected chi connectivity index (χ3v) is 6.42. The maximum absolute atomic E-state index is 13.5. The number of aromatic amines is 1. The zero-order valence-corrected chi connectivity index (χ0v) is 18.5. The van der Waals surface area contributed by atoms with Gasteiger partial charge in [0.2, 0.25) is 5.91 Å². The largest absolute Gasteiger partial charge is 0.492 e. The molecule has 0 saturated carbocycles. The summed E-state index contributed by atoms with van der Waals surface area (Å²) in [5.74, 6) is 0.115. The summed E-state index contributed by atoms with van der Waals surface area (Å²) in [5.41, 5.74) is 9.12. The van der Waals surface area contributed by atoms with Gasteiger partial charge in [-0.25, -0.2) is 0 Å². The fourth-order valence-corrected chi connectivity index (χ4v) is 4.58. The van der Waals surface area contributed by atoms with Crippen LogP contribution in [-0.4, -0.2) is 47.8 Å². The normalized spacial score (nSPS) is 14.5. The number of nitrogens with one attached hydrogen (secondary N) is 1. The summed E-state index contributed by atoms with van der Waals surface area (Å²) >= 11 is 0. The number of amides is 1. The minimum atomic E-state index is -0.541. The zero-order chi connectivity index (χ0) is 22.3. The van der Waals surface area contributed by atoms with Crippen LogP contribution in [0.5, 0.6) is 5.75 Å². The first-order valence-corrected chi connectivity index (χ1v) is 10.8. The van der Waals surface area contributed by atoms with E-state index in [1.54, 1.807) is 12.1 Å². The van der Waals surface area contributed by atoms with E-state index in [-0.39, 0.29) is 5.78 Å². The minimum absolute atomic E-state index is 0.0982. The Kier molecular flexibility index (Phi) is 5.35. The number of rotatable bonds is 7. The topological polar surface area (TPSA) is 88.4 Å². The molecule has 0 bridgehead atoms. The van der Waals surface area contributed by atoms with Crippen molar-refractivity contribution in [3.63, 3.8) is 0 Å². The van der Waals surface area contributed by atoms with Crippen LogP contribution in [0.3, 0.4) is 0 Å². The second-order valence-corrected chi connectivity index (χ2v) is 8.50. The van der Waals surface area contributed by atoms with E-state index < -0.39 is 11.3 Å². The van der Waals surface area contributed by atoms with Crippen molar-refractivity contribution >= 4 is 22.6 Å². The first-order valence-electron chi connectivity index (χ1n) is 10.8. The number of ether oxygens (including phenoxy) is 1. The maximum atomic E-state index is 13.5. The van der Waals surface area contributed by atoms with Crippen molar-refractivity contribution < 1.29 is 14.3 Å². The summed E-state index contributed by atoms with van der Waals surface area (Å²) in [5, 5.41) is 0.605. The molecule has 0 radical (unpaired) electrons.